The molecule has 0 aliphatic heterocycles. The summed E-state index contributed by atoms with van der Waals surface area (Å²) in [6.45, 7) is 5.28. The first kappa shape index (κ1) is 25.4. The normalized spacial score (nSPS) is 12.6. The van der Waals surface area contributed by atoms with Crippen LogP contribution >= 0.6 is 11.8 Å². The topological polar surface area (TPSA) is 66.8 Å². The number of carboxylic acid groups (broad SMARTS) is 1. The predicted molar refractivity (Wildman–Crippen MR) is 137 cm³/mol. The van der Waals surface area contributed by atoms with Gasteiger partial charge in [-0.1, -0.05) is 91.0 Å². The van der Waals surface area contributed by atoms with E-state index in [1.807, 2.05) is 54.6 Å². The highest BCUT2D eigenvalue weighted by Crippen LogP contribution is 2.48. The van der Waals surface area contributed by atoms with E-state index >= 15 is 0 Å². The van der Waals surface area contributed by atoms with Crippen molar-refractivity contribution in [2.45, 2.75) is 37.2 Å². The number of thioether (sulfide) groups is 1. The van der Waals surface area contributed by atoms with Gasteiger partial charge in [0.05, 0.1) is 4.75 Å². The van der Waals surface area contributed by atoms with E-state index < -0.39 is 28.5 Å². The highest BCUT2D eigenvalue weighted by atomic mass is 32.2. The number of hydrogen-bond donors (Lipinski definition) is 1. The molecule has 0 heterocycles. The third-order valence-electron chi connectivity index (χ3n) is 5.43. The summed E-state index contributed by atoms with van der Waals surface area (Å²) in [4.78, 5) is 26.1. The largest absolute Gasteiger partial charge is 0.480 e. The summed E-state index contributed by atoms with van der Waals surface area (Å²) in [5.41, 5.74) is 2.37. The smallest absolute Gasteiger partial charge is 0.410 e. The molecule has 3 aromatic rings. The molecule has 0 bridgehead atoms. The Morgan fingerprint density at radius 3 is 1.53 bits per heavy atom. The minimum atomic E-state index is -1.08. The van der Waals surface area contributed by atoms with Gasteiger partial charge in [0.15, 0.2) is 0 Å². The molecule has 0 saturated heterocycles. The summed E-state index contributed by atoms with van der Waals surface area (Å²) in [6.07, 6.45) is -0.662. The van der Waals surface area contributed by atoms with Crippen LogP contribution in [0, 0.1) is 0 Å². The van der Waals surface area contributed by atoms with Gasteiger partial charge >= 0.3 is 12.1 Å². The monoisotopic (exact) mass is 477 g/mol. The third-order valence-corrected chi connectivity index (χ3v) is 7.06. The zero-order valence-corrected chi connectivity index (χ0v) is 20.8. The highest BCUT2D eigenvalue weighted by molar-refractivity contribution is 8.00. The Morgan fingerprint density at radius 1 is 0.824 bits per heavy atom. The number of nitrogens with zero attached hydrogens (tertiary/aromatic N) is 1. The fraction of sp³-hybridized carbons (Fsp3) is 0.286. The number of aliphatic carboxylic acids is 1. The van der Waals surface area contributed by atoms with E-state index in [9.17, 15) is 14.7 Å². The molecule has 0 aromatic heterocycles. The van der Waals surface area contributed by atoms with E-state index in [4.69, 9.17) is 4.74 Å². The van der Waals surface area contributed by atoms with Crippen LogP contribution in [0.1, 0.15) is 37.5 Å². The quantitative estimate of drug-likeness (QED) is 0.401. The van der Waals surface area contributed by atoms with Crippen LogP contribution in [0.2, 0.25) is 0 Å². The van der Waals surface area contributed by atoms with Gasteiger partial charge in [0.25, 0.3) is 0 Å². The zero-order valence-electron chi connectivity index (χ0n) is 20.0. The lowest BCUT2D eigenvalue weighted by molar-refractivity contribution is -0.141. The van der Waals surface area contributed by atoms with Gasteiger partial charge in [-0.25, -0.2) is 9.59 Å². The maximum Gasteiger partial charge on any atom is 0.410 e. The first-order valence-corrected chi connectivity index (χ1v) is 12.1. The van der Waals surface area contributed by atoms with Crippen LogP contribution in [0.15, 0.2) is 91.0 Å². The molecular formula is C28H31NO4S. The summed E-state index contributed by atoms with van der Waals surface area (Å²) < 4.78 is 4.76. The van der Waals surface area contributed by atoms with Crippen molar-refractivity contribution < 1.29 is 19.4 Å². The SMILES string of the molecule is CN(C(=O)OC(C)(C)C)[C@@H](CSC(c1ccccc1)(c1ccccc1)c1ccccc1)C(=O)O. The van der Waals surface area contributed by atoms with Crippen LogP contribution in [0.5, 0.6) is 0 Å². The lowest BCUT2D eigenvalue weighted by Gasteiger charge is -2.37. The van der Waals surface area contributed by atoms with E-state index in [-0.39, 0.29) is 5.75 Å². The molecule has 1 amide bonds. The molecule has 0 fully saturated rings. The van der Waals surface area contributed by atoms with E-state index in [0.717, 1.165) is 16.7 Å². The number of hydrogen-bond acceptors (Lipinski definition) is 4. The molecule has 1 N–H and O–H groups in total. The van der Waals surface area contributed by atoms with Gasteiger partial charge in [-0.05, 0) is 37.5 Å². The number of carbonyl (C=O) groups excluding carboxylic acids is 1. The van der Waals surface area contributed by atoms with Gasteiger partial charge < -0.3 is 9.84 Å². The van der Waals surface area contributed by atoms with E-state index in [2.05, 4.69) is 36.4 Å². The summed E-state index contributed by atoms with van der Waals surface area (Å²) in [5.74, 6) is -0.923. The second kappa shape index (κ2) is 10.8. The first-order valence-electron chi connectivity index (χ1n) is 11.1. The number of rotatable bonds is 8. The highest BCUT2D eigenvalue weighted by Gasteiger charge is 2.40. The van der Waals surface area contributed by atoms with Crippen LogP contribution in [0.4, 0.5) is 4.79 Å². The van der Waals surface area contributed by atoms with Crippen molar-refractivity contribution in [3.63, 3.8) is 0 Å². The third kappa shape index (κ3) is 5.81. The Bertz CT molecular complexity index is 985. The van der Waals surface area contributed by atoms with E-state index in [1.54, 1.807) is 20.8 Å². The lowest BCUT2D eigenvalue weighted by atomic mass is 9.84. The number of ether oxygens (including phenoxy) is 1. The van der Waals surface area contributed by atoms with Crippen LogP contribution in [-0.2, 0) is 14.3 Å². The molecule has 5 nitrogen and oxygen atoms in total. The van der Waals surface area contributed by atoms with Gasteiger partial charge in [0.2, 0.25) is 0 Å². The molecule has 6 heteroatoms. The van der Waals surface area contributed by atoms with Crippen molar-refractivity contribution in [1.29, 1.82) is 0 Å². The maximum absolute atomic E-state index is 12.7. The Balaban J connectivity index is 2.07. The zero-order chi connectivity index (χ0) is 24.8. The number of carbonyl (C=O) groups is 2. The van der Waals surface area contributed by atoms with E-state index in [0.29, 0.717) is 0 Å². The molecule has 0 aliphatic carbocycles. The van der Waals surface area contributed by atoms with Gasteiger partial charge in [0.1, 0.15) is 11.6 Å². The molecule has 1 atom stereocenters. The minimum Gasteiger partial charge on any atom is -0.480 e. The molecule has 0 saturated carbocycles. The van der Waals surface area contributed by atoms with Crippen LogP contribution in [0.3, 0.4) is 0 Å². The predicted octanol–water partition coefficient (Wildman–Crippen LogP) is 6.03. The molecule has 0 radical (unpaired) electrons. The number of likely N-dealkylation sites (N-methyl/N-ethyl adjacent to an activating group) is 1. The first-order chi connectivity index (χ1) is 16.1. The minimum absolute atomic E-state index is 0.157. The molecule has 3 rings (SSSR count). The molecule has 178 valence electrons. The fourth-order valence-corrected chi connectivity index (χ4v) is 5.46. The van der Waals surface area contributed by atoms with Crippen molar-refractivity contribution in [2.24, 2.45) is 0 Å². The summed E-state index contributed by atoms with van der Waals surface area (Å²) in [6, 6.07) is 29.1. The Morgan fingerprint density at radius 2 is 1.21 bits per heavy atom. The van der Waals surface area contributed by atoms with Crippen LogP contribution in [-0.4, -0.2) is 46.5 Å². The number of amides is 1. The average molecular weight is 478 g/mol. The Hall–Kier alpha value is -3.25. The Kier molecular flexibility index (Phi) is 8.05. The van der Waals surface area contributed by atoms with Gasteiger partial charge in [0, 0.05) is 12.8 Å². The lowest BCUT2D eigenvalue weighted by Crippen LogP contribution is -2.47. The molecule has 34 heavy (non-hydrogen) atoms. The number of benzene rings is 3. The van der Waals surface area contributed by atoms with Gasteiger partial charge in [-0.3, -0.25) is 4.90 Å². The van der Waals surface area contributed by atoms with Crippen molar-refractivity contribution in [3.05, 3.63) is 108 Å². The summed E-state index contributed by atoms with van der Waals surface area (Å²) in [7, 11) is 1.47. The van der Waals surface area contributed by atoms with Gasteiger partial charge in [-0.15, -0.1) is 11.8 Å². The molecular weight excluding hydrogens is 446 g/mol. The standard InChI is InChI=1S/C28H31NO4S/c1-27(2,3)33-26(32)29(4)24(25(30)31)20-34-28(21-14-8-5-9-15-21,22-16-10-6-11-17-22)23-18-12-7-13-19-23/h5-19,24H,20H2,1-4H3,(H,30,31)/t24-/m0/s1. The van der Waals surface area contributed by atoms with E-state index in [1.165, 1.54) is 23.7 Å². The van der Waals surface area contributed by atoms with Crippen molar-refractivity contribution >= 4 is 23.8 Å². The van der Waals surface area contributed by atoms with Crippen molar-refractivity contribution in [1.82, 2.24) is 4.90 Å². The van der Waals surface area contributed by atoms with Gasteiger partial charge in [-0.2, -0.15) is 0 Å². The Labute approximate surface area is 205 Å². The summed E-state index contributed by atoms with van der Waals surface area (Å²) >= 11 is 1.50. The second-order valence-electron chi connectivity index (χ2n) is 9.04. The molecule has 0 unspecified atom stereocenters. The number of carboxylic acids is 1. The fourth-order valence-electron chi connectivity index (χ4n) is 3.78. The van der Waals surface area contributed by atoms with Crippen molar-refractivity contribution in [2.75, 3.05) is 12.8 Å². The van der Waals surface area contributed by atoms with Crippen LogP contribution < -0.4 is 0 Å². The average Bonchev–Trinajstić information content (AvgIpc) is 2.82. The van der Waals surface area contributed by atoms with Crippen LogP contribution in [0.25, 0.3) is 0 Å². The second-order valence-corrected chi connectivity index (χ2v) is 10.3. The maximum atomic E-state index is 12.7. The molecule has 0 aliphatic rings. The summed E-state index contributed by atoms with van der Waals surface area (Å²) in [5, 5.41) is 10.0. The van der Waals surface area contributed by atoms with Crippen molar-refractivity contribution in [3.8, 4) is 0 Å². The molecule has 3 aromatic carbocycles. The molecule has 0 spiro atoms.